The standard InChI is InChI=1S/C10H14ClN3O.ClH/c11-10-4-3-8(13-14-10)7-15-9-2-1-5-12-6-9;/h3-4,9,12H,1-2,5-7H2;1H/t9-;/m1./s1. The average Bonchev–Trinajstić information content (AvgIpc) is 2.30. The fraction of sp³-hybridized carbons (Fsp3) is 0.600. The fourth-order valence-corrected chi connectivity index (χ4v) is 1.69. The molecule has 1 saturated heterocycles. The number of halogens is 2. The molecular weight excluding hydrogens is 249 g/mol. The maximum absolute atomic E-state index is 5.70. The van der Waals surface area contributed by atoms with Crippen LogP contribution in [0, 0.1) is 0 Å². The molecule has 0 bridgehead atoms. The first-order valence-electron chi connectivity index (χ1n) is 5.15. The molecule has 0 saturated carbocycles. The Labute approximate surface area is 106 Å². The van der Waals surface area contributed by atoms with E-state index in [1.165, 1.54) is 6.42 Å². The van der Waals surface area contributed by atoms with E-state index in [9.17, 15) is 0 Å². The first-order chi connectivity index (χ1) is 7.34. The number of hydrogen-bond acceptors (Lipinski definition) is 4. The Bertz CT molecular complexity index is 301. The number of hydrogen-bond donors (Lipinski definition) is 1. The van der Waals surface area contributed by atoms with Crippen LogP contribution in [0.1, 0.15) is 18.5 Å². The lowest BCUT2D eigenvalue weighted by atomic mass is 10.1. The van der Waals surface area contributed by atoms with Crippen LogP contribution < -0.4 is 5.32 Å². The zero-order chi connectivity index (χ0) is 10.5. The van der Waals surface area contributed by atoms with Crippen molar-refractivity contribution in [2.24, 2.45) is 0 Å². The predicted molar refractivity (Wildman–Crippen MR) is 65.0 cm³/mol. The molecular formula is C10H15Cl2N3O. The third kappa shape index (κ3) is 4.22. The van der Waals surface area contributed by atoms with Gasteiger partial charge in [0.2, 0.25) is 0 Å². The van der Waals surface area contributed by atoms with Crippen molar-refractivity contribution in [3.8, 4) is 0 Å². The van der Waals surface area contributed by atoms with Gasteiger partial charge in [0.1, 0.15) is 0 Å². The lowest BCUT2D eigenvalue weighted by Gasteiger charge is -2.22. The minimum absolute atomic E-state index is 0. The van der Waals surface area contributed by atoms with Crippen LogP contribution in [0.25, 0.3) is 0 Å². The average molecular weight is 264 g/mol. The Balaban J connectivity index is 0.00000128. The van der Waals surface area contributed by atoms with Gasteiger partial charge in [-0.05, 0) is 31.5 Å². The molecule has 2 rings (SSSR count). The van der Waals surface area contributed by atoms with Crippen LogP contribution in [0.5, 0.6) is 0 Å². The molecule has 90 valence electrons. The maximum Gasteiger partial charge on any atom is 0.151 e. The Morgan fingerprint density at radius 3 is 2.94 bits per heavy atom. The zero-order valence-electron chi connectivity index (χ0n) is 8.86. The van der Waals surface area contributed by atoms with Crippen molar-refractivity contribution >= 4 is 24.0 Å². The molecule has 1 atom stereocenters. The second-order valence-corrected chi connectivity index (χ2v) is 4.01. The van der Waals surface area contributed by atoms with Crippen molar-refractivity contribution in [2.45, 2.75) is 25.6 Å². The van der Waals surface area contributed by atoms with Gasteiger partial charge in [-0.1, -0.05) is 11.6 Å². The summed E-state index contributed by atoms with van der Waals surface area (Å²) in [6, 6.07) is 3.57. The van der Waals surface area contributed by atoms with Gasteiger partial charge in [0.15, 0.2) is 5.15 Å². The van der Waals surface area contributed by atoms with Gasteiger partial charge in [-0.15, -0.1) is 17.5 Å². The molecule has 1 aromatic rings. The van der Waals surface area contributed by atoms with Gasteiger partial charge in [0.05, 0.1) is 18.4 Å². The third-order valence-electron chi connectivity index (χ3n) is 2.41. The van der Waals surface area contributed by atoms with Gasteiger partial charge in [-0.3, -0.25) is 0 Å². The molecule has 0 radical (unpaired) electrons. The highest BCUT2D eigenvalue weighted by molar-refractivity contribution is 6.29. The summed E-state index contributed by atoms with van der Waals surface area (Å²) in [5.41, 5.74) is 0.824. The summed E-state index contributed by atoms with van der Waals surface area (Å²) in [7, 11) is 0. The Morgan fingerprint density at radius 1 is 1.44 bits per heavy atom. The summed E-state index contributed by atoms with van der Waals surface area (Å²) in [6.45, 7) is 2.54. The molecule has 0 aliphatic carbocycles. The van der Waals surface area contributed by atoms with E-state index in [-0.39, 0.29) is 12.4 Å². The molecule has 6 heteroatoms. The molecule has 0 spiro atoms. The minimum Gasteiger partial charge on any atom is -0.371 e. The number of nitrogens with zero attached hydrogens (tertiary/aromatic N) is 2. The van der Waals surface area contributed by atoms with Crippen molar-refractivity contribution in [3.05, 3.63) is 23.0 Å². The molecule has 0 aromatic carbocycles. The number of nitrogens with one attached hydrogen (secondary N) is 1. The Kier molecular flexibility index (Phi) is 5.98. The van der Waals surface area contributed by atoms with E-state index >= 15 is 0 Å². The van der Waals surface area contributed by atoms with Crippen LogP contribution in [0.4, 0.5) is 0 Å². The lowest BCUT2D eigenvalue weighted by Crippen LogP contribution is -2.35. The number of aromatic nitrogens is 2. The topological polar surface area (TPSA) is 47.0 Å². The first-order valence-corrected chi connectivity index (χ1v) is 5.53. The third-order valence-corrected chi connectivity index (χ3v) is 2.61. The molecule has 0 unspecified atom stereocenters. The highest BCUT2D eigenvalue weighted by Crippen LogP contribution is 2.09. The van der Waals surface area contributed by atoms with E-state index in [0.29, 0.717) is 17.9 Å². The SMILES string of the molecule is Cl.Clc1ccc(CO[C@@H]2CCCNC2)nn1. The number of piperidine rings is 1. The second-order valence-electron chi connectivity index (χ2n) is 3.63. The van der Waals surface area contributed by atoms with E-state index in [2.05, 4.69) is 15.5 Å². The molecule has 1 fully saturated rings. The van der Waals surface area contributed by atoms with Gasteiger partial charge < -0.3 is 10.1 Å². The number of ether oxygens (including phenoxy) is 1. The molecule has 1 N–H and O–H groups in total. The molecule has 0 amide bonds. The van der Waals surface area contributed by atoms with Crippen LogP contribution in [-0.4, -0.2) is 29.4 Å². The Hall–Kier alpha value is -0.420. The maximum atomic E-state index is 5.70. The van der Waals surface area contributed by atoms with Crippen LogP contribution >= 0.6 is 24.0 Å². The van der Waals surface area contributed by atoms with E-state index in [1.54, 1.807) is 6.07 Å². The highest BCUT2D eigenvalue weighted by Gasteiger charge is 2.13. The summed E-state index contributed by atoms with van der Waals surface area (Å²) in [6.07, 6.45) is 2.60. The largest absolute Gasteiger partial charge is 0.371 e. The van der Waals surface area contributed by atoms with Gasteiger partial charge in [0.25, 0.3) is 0 Å². The summed E-state index contributed by atoms with van der Waals surface area (Å²) >= 11 is 5.64. The summed E-state index contributed by atoms with van der Waals surface area (Å²) in [5.74, 6) is 0. The number of rotatable bonds is 3. The van der Waals surface area contributed by atoms with Gasteiger partial charge in [-0.2, -0.15) is 5.10 Å². The zero-order valence-corrected chi connectivity index (χ0v) is 10.4. The monoisotopic (exact) mass is 263 g/mol. The van der Waals surface area contributed by atoms with E-state index in [4.69, 9.17) is 16.3 Å². The quantitative estimate of drug-likeness (QED) is 0.904. The van der Waals surface area contributed by atoms with Crippen molar-refractivity contribution < 1.29 is 4.74 Å². The summed E-state index contributed by atoms with van der Waals surface area (Å²) in [5, 5.41) is 11.4. The molecule has 4 nitrogen and oxygen atoms in total. The molecule has 2 heterocycles. The van der Waals surface area contributed by atoms with Crippen LogP contribution in [-0.2, 0) is 11.3 Å². The molecule has 1 aromatic heterocycles. The van der Waals surface area contributed by atoms with Gasteiger partial charge in [-0.25, -0.2) is 0 Å². The van der Waals surface area contributed by atoms with Crippen molar-refractivity contribution in [3.63, 3.8) is 0 Å². The predicted octanol–water partition coefficient (Wildman–Crippen LogP) is 1.82. The summed E-state index contributed by atoms with van der Waals surface area (Å²) in [4.78, 5) is 0. The molecule has 1 aliphatic rings. The lowest BCUT2D eigenvalue weighted by molar-refractivity contribution is 0.0233. The van der Waals surface area contributed by atoms with Crippen molar-refractivity contribution in [1.82, 2.24) is 15.5 Å². The van der Waals surface area contributed by atoms with Crippen LogP contribution in [0.3, 0.4) is 0 Å². The van der Waals surface area contributed by atoms with Crippen LogP contribution in [0.15, 0.2) is 12.1 Å². The fourth-order valence-electron chi connectivity index (χ4n) is 1.59. The summed E-state index contributed by atoms with van der Waals surface area (Å²) < 4.78 is 5.70. The second kappa shape index (κ2) is 7.01. The first kappa shape index (κ1) is 13.6. The minimum atomic E-state index is 0. The molecule has 1 aliphatic heterocycles. The van der Waals surface area contributed by atoms with E-state index in [1.807, 2.05) is 6.07 Å². The molecule has 16 heavy (non-hydrogen) atoms. The normalized spacial score (nSPS) is 20.2. The van der Waals surface area contributed by atoms with Crippen molar-refractivity contribution in [1.29, 1.82) is 0 Å². The Morgan fingerprint density at radius 2 is 2.31 bits per heavy atom. The van der Waals surface area contributed by atoms with E-state index < -0.39 is 0 Å². The van der Waals surface area contributed by atoms with Gasteiger partial charge in [0, 0.05) is 6.54 Å². The van der Waals surface area contributed by atoms with Gasteiger partial charge >= 0.3 is 0 Å². The van der Waals surface area contributed by atoms with Crippen LogP contribution in [0.2, 0.25) is 5.15 Å². The van der Waals surface area contributed by atoms with Crippen molar-refractivity contribution in [2.75, 3.05) is 13.1 Å². The highest BCUT2D eigenvalue weighted by atomic mass is 35.5. The van der Waals surface area contributed by atoms with E-state index in [0.717, 1.165) is 25.2 Å². The smallest absolute Gasteiger partial charge is 0.151 e.